The predicted octanol–water partition coefficient (Wildman–Crippen LogP) is 1.48. The Morgan fingerprint density at radius 1 is 1.32 bits per heavy atom. The van der Waals surface area contributed by atoms with Crippen molar-refractivity contribution in [2.75, 3.05) is 0 Å². The zero-order valence-electron chi connectivity index (χ0n) is 10.5. The van der Waals surface area contributed by atoms with Gasteiger partial charge in [0.05, 0.1) is 5.52 Å². The molecule has 0 saturated heterocycles. The summed E-state index contributed by atoms with van der Waals surface area (Å²) in [4.78, 5) is 11.8. The van der Waals surface area contributed by atoms with Crippen molar-refractivity contribution in [3.05, 3.63) is 24.3 Å². The maximum atomic E-state index is 11.8. The molecule has 1 amide bonds. The Balaban J connectivity index is 1.67. The maximum Gasteiger partial charge on any atom is 0.261 e. The first-order chi connectivity index (χ1) is 9.33. The number of hydrazone groups is 1. The molecule has 0 radical (unpaired) electrons. The van der Waals surface area contributed by atoms with Gasteiger partial charge < -0.3 is 0 Å². The lowest BCUT2D eigenvalue weighted by Gasteiger charge is -2.02. The Bertz CT molecular complexity index is 623. The average molecular weight is 257 g/mol. The Morgan fingerprint density at radius 2 is 2.11 bits per heavy atom. The van der Waals surface area contributed by atoms with Crippen molar-refractivity contribution in [2.45, 2.75) is 32.2 Å². The minimum absolute atomic E-state index is 0.136. The Labute approximate surface area is 110 Å². The third kappa shape index (κ3) is 2.62. The molecule has 6 nitrogen and oxygen atoms in total. The number of benzene rings is 1. The zero-order chi connectivity index (χ0) is 13.1. The molecule has 0 atom stereocenters. The first-order valence-electron chi connectivity index (χ1n) is 6.45. The summed E-state index contributed by atoms with van der Waals surface area (Å²) < 4.78 is 1.58. The molecular formula is C13H15N5O. The van der Waals surface area contributed by atoms with Gasteiger partial charge in [-0.1, -0.05) is 17.3 Å². The molecule has 2 aromatic rings. The highest BCUT2D eigenvalue weighted by molar-refractivity contribution is 5.87. The fourth-order valence-corrected chi connectivity index (χ4v) is 2.24. The van der Waals surface area contributed by atoms with E-state index < -0.39 is 0 Å². The van der Waals surface area contributed by atoms with Gasteiger partial charge in [0.25, 0.3) is 5.91 Å². The van der Waals surface area contributed by atoms with Gasteiger partial charge in [0.1, 0.15) is 12.1 Å². The molecule has 6 heteroatoms. The highest BCUT2D eigenvalue weighted by atomic mass is 16.2. The Kier molecular flexibility index (Phi) is 3.22. The van der Waals surface area contributed by atoms with Crippen LogP contribution < -0.4 is 5.43 Å². The molecule has 1 aromatic heterocycles. The largest absolute Gasteiger partial charge is 0.271 e. The second kappa shape index (κ2) is 5.17. The van der Waals surface area contributed by atoms with Crippen LogP contribution in [0, 0.1) is 0 Å². The normalized spacial score (nSPS) is 14.8. The van der Waals surface area contributed by atoms with Crippen LogP contribution in [0.5, 0.6) is 0 Å². The highest BCUT2D eigenvalue weighted by Crippen LogP contribution is 2.14. The molecule has 0 spiro atoms. The summed E-state index contributed by atoms with van der Waals surface area (Å²) in [6.45, 7) is 0.136. The van der Waals surface area contributed by atoms with E-state index in [9.17, 15) is 4.79 Å². The van der Waals surface area contributed by atoms with Gasteiger partial charge in [0.15, 0.2) is 0 Å². The second-order valence-corrected chi connectivity index (χ2v) is 4.66. The average Bonchev–Trinajstić information content (AvgIpc) is 3.07. The first kappa shape index (κ1) is 11.8. The first-order valence-corrected chi connectivity index (χ1v) is 6.45. The van der Waals surface area contributed by atoms with Gasteiger partial charge in [0, 0.05) is 5.71 Å². The van der Waals surface area contributed by atoms with Gasteiger partial charge in [-0.3, -0.25) is 4.79 Å². The predicted molar refractivity (Wildman–Crippen MR) is 71.6 cm³/mol. The second-order valence-electron chi connectivity index (χ2n) is 4.66. The molecule has 1 fully saturated rings. The molecule has 19 heavy (non-hydrogen) atoms. The number of para-hydroxylation sites is 1. The van der Waals surface area contributed by atoms with Crippen molar-refractivity contribution in [2.24, 2.45) is 5.10 Å². The smallest absolute Gasteiger partial charge is 0.261 e. The number of nitrogens with zero attached hydrogens (tertiary/aromatic N) is 4. The van der Waals surface area contributed by atoms with E-state index in [1.54, 1.807) is 4.68 Å². The molecular weight excluding hydrogens is 242 g/mol. The summed E-state index contributed by atoms with van der Waals surface area (Å²) in [5.41, 5.74) is 5.31. The van der Waals surface area contributed by atoms with Crippen LogP contribution in [0.25, 0.3) is 11.0 Å². The maximum absolute atomic E-state index is 11.8. The lowest BCUT2D eigenvalue weighted by molar-refractivity contribution is -0.121. The van der Waals surface area contributed by atoms with Crippen molar-refractivity contribution < 1.29 is 4.79 Å². The van der Waals surface area contributed by atoms with Gasteiger partial charge in [-0.25, -0.2) is 10.1 Å². The van der Waals surface area contributed by atoms with Gasteiger partial charge in [-0.15, -0.1) is 5.10 Å². The van der Waals surface area contributed by atoms with Crippen molar-refractivity contribution in [3.63, 3.8) is 0 Å². The van der Waals surface area contributed by atoms with Crippen LogP contribution in [0.1, 0.15) is 25.7 Å². The van der Waals surface area contributed by atoms with E-state index in [4.69, 9.17) is 0 Å². The molecule has 0 bridgehead atoms. The van der Waals surface area contributed by atoms with Crippen LogP contribution in [-0.2, 0) is 11.3 Å². The fraction of sp³-hybridized carbons (Fsp3) is 0.385. The van der Waals surface area contributed by atoms with Crippen molar-refractivity contribution in [1.29, 1.82) is 0 Å². The van der Waals surface area contributed by atoms with Gasteiger partial charge in [0.2, 0.25) is 0 Å². The standard InChI is InChI=1S/C13H15N5O/c19-13(16-14-10-5-1-2-6-10)9-18-12-8-4-3-7-11(12)15-17-18/h3-4,7-8H,1-2,5-6,9H2,(H,16,19). The van der Waals surface area contributed by atoms with E-state index in [1.165, 1.54) is 12.8 Å². The molecule has 1 aliphatic carbocycles. The number of amides is 1. The molecule has 1 saturated carbocycles. The topological polar surface area (TPSA) is 72.2 Å². The summed E-state index contributed by atoms with van der Waals surface area (Å²) in [6.07, 6.45) is 4.32. The summed E-state index contributed by atoms with van der Waals surface area (Å²) in [5, 5.41) is 12.1. The quantitative estimate of drug-likeness (QED) is 0.846. The monoisotopic (exact) mass is 257 g/mol. The summed E-state index contributed by atoms with van der Waals surface area (Å²) in [6, 6.07) is 7.56. The number of hydrogen-bond donors (Lipinski definition) is 1. The number of fused-ring (bicyclic) bond motifs is 1. The summed E-state index contributed by atoms with van der Waals surface area (Å²) in [7, 11) is 0. The molecule has 98 valence electrons. The number of nitrogens with one attached hydrogen (secondary N) is 1. The van der Waals surface area contributed by atoms with Crippen LogP contribution >= 0.6 is 0 Å². The fourth-order valence-electron chi connectivity index (χ4n) is 2.24. The zero-order valence-corrected chi connectivity index (χ0v) is 10.5. The molecule has 0 aliphatic heterocycles. The Morgan fingerprint density at radius 3 is 2.95 bits per heavy atom. The Hall–Kier alpha value is -2.24. The number of aromatic nitrogens is 3. The van der Waals surface area contributed by atoms with E-state index in [1.807, 2.05) is 24.3 Å². The van der Waals surface area contributed by atoms with Crippen LogP contribution in [0.2, 0.25) is 0 Å². The van der Waals surface area contributed by atoms with Crippen molar-refractivity contribution in [3.8, 4) is 0 Å². The van der Waals surface area contributed by atoms with Gasteiger partial charge in [-0.05, 0) is 37.8 Å². The highest BCUT2D eigenvalue weighted by Gasteiger charge is 2.10. The van der Waals surface area contributed by atoms with Crippen molar-refractivity contribution >= 4 is 22.7 Å². The third-order valence-electron chi connectivity index (χ3n) is 3.23. The van der Waals surface area contributed by atoms with Crippen LogP contribution in [0.3, 0.4) is 0 Å². The SMILES string of the molecule is O=C(Cn1nnc2ccccc21)NN=C1CCCC1. The van der Waals surface area contributed by atoms with Crippen LogP contribution in [0.15, 0.2) is 29.4 Å². The number of carbonyl (C=O) groups excluding carboxylic acids is 1. The van der Waals surface area contributed by atoms with Crippen molar-refractivity contribution in [1.82, 2.24) is 20.4 Å². The molecule has 0 unspecified atom stereocenters. The molecule has 3 rings (SSSR count). The van der Waals surface area contributed by atoms with E-state index >= 15 is 0 Å². The van der Waals surface area contributed by atoms with Gasteiger partial charge in [-0.2, -0.15) is 5.10 Å². The lowest BCUT2D eigenvalue weighted by Crippen LogP contribution is -2.24. The third-order valence-corrected chi connectivity index (χ3v) is 3.23. The lowest BCUT2D eigenvalue weighted by atomic mass is 10.3. The number of carbonyl (C=O) groups is 1. The molecule has 1 heterocycles. The molecule has 1 N–H and O–H groups in total. The molecule has 1 aliphatic rings. The summed E-state index contributed by atoms with van der Waals surface area (Å²) >= 11 is 0. The minimum Gasteiger partial charge on any atom is -0.271 e. The van der Waals surface area contributed by atoms with E-state index in [-0.39, 0.29) is 12.5 Å². The van der Waals surface area contributed by atoms with E-state index in [2.05, 4.69) is 20.8 Å². The number of hydrogen-bond acceptors (Lipinski definition) is 4. The number of rotatable bonds is 3. The summed E-state index contributed by atoms with van der Waals surface area (Å²) in [5.74, 6) is -0.171. The van der Waals surface area contributed by atoms with Gasteiger partial charge >= 0.3 is 0 Å². The minimum atomic E-state index is -0.171. The van der Waals surface area contributed by atoms with Crippen LogP contribution in [-0.4, -0.2) is 26.6 Å². The van der Waals surface area contributed by atoms with E-state index in [0.717, 1.165) is 29.6 Å². The van der Waals surface area contributed by atoms with Crippen LogP contribution in [0.4, 0.5) is 0 Å². The van der Waals surface area contributed by atoms with E-state index in [0.29, 0.717) is 0 Å². The molecule has 1 aromatic carbocycles.